The van der Waals surface area contributed by atoms with Gasteiger partial charge in [0.1, 0.15) is 5.84 Å². The molecule has 1 aromatic heterocycles. The highest BCUT2D eigenvalue weighted by Crippen LogP contribution is 2.37. The molecule has 0 radical (unpaired) electrons. The summed E-state index contributed by atoms with van der Waals surface area (Å²) in [6.45, 7) is 5.83. The molecular weight excluding hydrogens is 362 g/mol. The summed E-state index contributed by atoms with van der Waals surface area (Å²) in [6, 6.07) is 19.0. The van der Waals surface area contributed by atoms with E-state index < -0.39 is 0 Å². The van der Waals surface area contributed by atoms with E-state index in [1.165, 1.54) is 27.1 Å². The normalized spacial score (nSPS) is 14.3. The van der Waals surface area contributed by atoms with Crippen LogP contribution in [0, 0.1) is 12.3 Å². The minimum atomic E-state index is 0.664. The summed E-state index contributed by atoms with van der Waals surface area (Å²) in [7, 11) is 0. The number of hydrogen-bond donors (Lipinski definition) is 1. The van der Waals surface area contributed by atoms with Crippen molar-refractivity contribution in [2.24, 2.45) is 0 Å². The fraction of sp³-hybridized carbons (Fsp3) is 0.250. The van der Waals surface area contributed by atoms with Crippen LogP contribution in [0.5, 0.6) is 0 Å². The Morgan fingerprint density at radius 3 is 2.64 bits per heavy atom. The number of aryl methyl sites for hydroxylation is 2. The second kappa shape index (κ2) is 8.11. The summed E-state index contributed by atoms with van der Waals surface area (Å²) in [5, 5.41) is 9.76. The lowest BCUT2D eigenvalue weighted by Crippen LogP contribution is -2.33. The van der Waals surface area contributed by atoms with Crippen LogP contribution in [0.2, 0.25) is 0 Å². The van der Waals surface area contributed by atoms with E-state index in [4.69, 9.17) is 10.4 Å². The zero-order chi connectivity index (χ0) is 19.5. The van der Waals surface area contributed by atoms with Gasteiger partial charge >= 0.3 is 0 Å². The lowest BCUT2D eigenvalue weighted by molar-refractivity contribution is 0.441. The Morgan fingerprint density at radius 1 is 1.11 bits per heavy atom. The molecule has 0 saturated heterocycles. The number of nitrogens with one attached hydrogen (secondary N) is 1. The topological polar surface area (TPSA) is 40.0 Å². The average Bonchev–Trinajstić information content (AvgIpc) is 3.15. The van der Waals surface area contributed by atoms with Gasteiger partial charge in [0.25, 0.3) is 0 Å². The largest absolute Gasteiger partial charge is 0.352 e. The van der Waals surface area contributed by atoms with E-state index in [9.17, 15) is 0 Å². The van der Waals surface area contributed by atoms with Gasteiger partial charge in [-0.25, -0.2) is 4.98 Å². The molecule has 0 spiro atoms. The summed E-state index contributed by atoms with van der Waals surface area (Å²) in [4.78, 5) is 8.29. The molecule has 0 atom stereocenters. The Labute approximate surface area is 170 Å². The molecular formula is C24H25N3S. The molecule has 3 aromatic rings. The Kier molecular flexibility index (Phi) is 5.40. The summed E-state index contributed by atoms with van der Waals surface area (Å²) in [6.07, 6.45) is 3.89. The molecule has 3 nitrogen and oxygen atoms in total. The molecule has 0 bridgehead atoms. The molecule has 4 heteroatoms. The van der Waals surface area contributed by atoms with Crippen LogP contribution >= 0.6 is 11.3 Å². The summed E-state index contributed by atoms with van der Waals surface area (Å²) in [5.74, 6) is 0.683. The first kappa shape index (κ1) is 18.6. The van der Waals surface area contributed by atoms with Crippen LogP contribution in [0.4, 0.5) is 0 Å². The van der Waals surface area contributed by atoms with E-state index in [0.717, 1.165) is 30.2 Å². The number of rotatable bonds is 5. The lowest BCUT2D eigenvalue weighted by Gasteiger charge is -2.29. The smallest absolute Gasteiger partial charge is 0.101 e. The van der Waals surface area contributed by atoms with Gasteiger partial charge < -0.3 is 4.90 Å². The van der Waals surface area contributed by atoms with Crippen molar-refractivity contribution in [3.63, 3.8) is 0 Å². The summed E-state index contributed by atoms with van der Waals surface area (Å²) in [5.41, 5.74) is 5.97. The van der Waals surface area contributed by atoms with Crippen LogP contribution in [-0.2, 0) is 13.0 Å². The maximum atomic E-state index is 8.61. The van der Waals surface area contributed by atoms with Crippen LogP contribution in [-0.4, -0.2) is 22.3 Å². The first-order chi connectivity index (χ1) is 13.6. The second-order valence-corrected chi connectivity index (χ2v) is 8.31. The first-order valence-corrected chi connectivity index (χ1v) is 10.6. The molecule has 142 valence electrons. The van der Waals surface area contributed by atoms with Gasteiger partial charge in [0.15, 0.2) is 0 Å². The van der Waals surface area contributed by atoms with Crippen molar-refractivity contribution in [3.8, 4) is 11.3 Å². The van der Waals surface area contributed by atoms with E-state index in [1.54, 1.807) is 11.3 Å². The van der Waals surface area contributed by atoms with Crippen LogP contribution < -0.4 is 0 Å². The van der Waals surface area contributed by atoms with Crippen LogP contribution in [0.15, 0.2) is 60.7 Å². The molecule has 0 fully saturated rings. The van der Waals surface area contributed by atoms with Crippen LogP contribution in [0.25, 0.3) is 16.8 Å². The Hall–Kier alpha value is -2.72. The minimum Gasteiger partial charge on any atom is -0.352 e. The molecule has 1 aliphatic rings. The zero-order valence-electron chi connectivity index (χ0n) is 16.4. The van der Waals surface area contributed by atoms with Gasteiger partial charge in [-0.15, -0.1) is 11.3 Å². The van der Waals surface area contributed by atoms with E-state index >= 15 is 0 Å². The highest BCUT2D eigenvalue weighted by atomic mass is 32.1. The van der Waals surface area contributed by atoms with Crippen LogP contribution in [0.3, 0.4) is 0 Å². The standard InChI is InChI=1S/C24H25N3S/c1-3-22-26-23(19-11-7-8-17(2)14-19)24(28-22)20-12-13-27(21(25)15-20)16-18-9-5-4-6-10-18/h4-12,14,25H,3,13,15-16H2,1-2H3. The molecule has 1 N–H and O–H groups in total. The molecule has 0 amide bonds. The zero-order valence-corrected chi connectivity index (χ0v) is 17.2. The monoisotopic (exact) mass is 387 g/mol. The van der Waals surface area contributed by atoms with Crippen molar-refractivity contribution in [1.29, 1.82) is 5.41 Å². The van der Waals surface area contributed by atoms with Crippen molar-refractivity contribution in [2.45, 2.75) is 33.2 Å². The van der Waals surface area contributed by atoms with Gasteiger partial charge in [-0.3, -0.25) is 5.41 Å². The Balaban J connectivity index is 1.63. The number of hydrogen-bond acceptors (Lipinski definition) is 3. The highest BCUT2D eigenvalue weighted by molar-refractivity contribution is 7.13. The number of nitrogens with zero attached hydrogens (tertiary/aromatic N) is 2. The predicted octanol–water partition coefficient (Wildman–Crippen LogP) is 5.95. The third-order valence-corrected chi connectivity index (χ3v) is 6.35. The number of benzene rings is 2. The third-order valence-electron chi connectivity index (χ3n) is 5.07. The second-order valence-electron chi connectivity index (χ2n) is 7.23. The highest BCUT2D eigenvalue weighted by Gasteiger charge is 2.22. The van der Waals surface area contributed by atoms with Crippen molar-refractivity contribution in [1.82, 2.24) is 9.88 Å². The molecule has 1 aliphatic heterocycles. The number of aromatic nitrogens is 1. The van der Waals surface area contributed by atoms with Crippen molar-refractivity contribution >= 4 is 22.7 Å². The van der Waals surface area contributed by atoms with Crippen molar-refractivity contribution < 1.29 is 0 Å². The summed E-state index contributed by atoms with van der Waals surface area (Å²) < 4.78 is 0. The maximum absolute atomic E-state index is 8.61. The molecule has 2 heterocycles. The van der Waals surface area contributed by atoms with E-state index in [1.807, 2.05) is 6.07 Å². The van der Waals surface area contributed by atoms with Gasteiger partial charge in [-0.2, -0.15) is 0 Å². The van der Waals surface area contributed by atoms with Gasteiger partial charge in [-0.1, -0.05) is 67.1 Å². The van der Waals surface area contributed by atoms with Gasteiger partial charge in [0, 0.05) is 25.1 Å². The van der Waals surface area contributed by atoms with Gasteiger partial charge in [-0.05, 0) is 30.5 Å². The van der Waals surface area contributed by atoms with E-state index in [-0.39, 0.29) is 0 Å². The minimum absolute atomic E-state index is 0.664. The van der Waals surface area contributed by atoms with Gasteiger partial charge in [0.05, 0.1) is 15.6 Å². The van der Waals surface area contributed by atoms with E-state index in [2.05, 4.69) is 73.4 Å². The summed E-state index contributed by atoms with van der Waals surface area (Å²) >= 11 is 1.78. The molecule has 2 aromatic carbocycles. The molecule has 0 unspecified atom stereocenters. The molecule has 4 rings (SSSR count). The lowest BCUT2D eigenvalue weighted by atomic mass is 10.00. The fourth-order valence-corrected chi connectivity index (χ4v) is 4.62. The third kappa shape index (κ3) is 3.92. The van der Waals surface area contributed by atoms with Crippen molar-refractivity contribution in [3.05, 3.63) is 81.7 Å². The quantitative estimate of drug-likeness (QED) is 0.588. The predicted molar refractivity (Wildman–Crippen MR) is 119 cm³/mol. The first-order valence-electron chi connectivity index (χ1n) is 9.76. The average molecular weight is 388 g/mol. The Bertz CT molecular complexity index is 1020. The molecule has 28 heavy (non-hydrogen) atoms. The van der Waals surface area contributed by atoms with Crippen molar-refractivity contribution in [2.75, 3.05) is 6.54 Å². The Morgan fingerprint density at radius 2 is 1.93 bits per heavy atom. The van der Waals surface area contributed by atoms with Gasteiger partial charge in [0.2, 0.25) is 0 Å². The van der Waals surface area contributed by atoms with E-state index in [0.29, 0.717) is 12.3 Å². The molecule has 0 aliphatic carbocycles. The van der Waals surface area contributed by atoms with Crippen LogP contribution in [0.1, 0.15) is 34.4 Å². The number of amidine groups is 1. The fourth-order valence-electron chi connectivity index (χ4n) is 3.55. The SMILES string of the molecule is CCc1nc(-c2cccc(C)c2)c(C2=CCN(Cc3ccccc3)C(=N)C2)s1. The number of thiazole rings is 1. The molecule has 0 saturated carbocycles. The maximum Gasteiger partial charge on any atom is 0.101 e.